The number of nitrogens with zero attached hydrogens (tertiary/aromatic N) is 3. The van der Waals surface area contributed by atoms with Crippen LogP contribution in [0.25, 0.3) is 27.8 Å². The van der Waals surface area contributed by atoms with Crippen molar-refractivity contribution in [2.24, 2.45) is 0 Å². The van der Waals surface area contributed by atoms with E-state index in [1.807, 2.05) is 25.1 Å². The van der Waals surface area contributed by atoms with E-state index in [4.69, 9.17) is 4.74 Å². The highest BCUT2D eigenvalue weighted by atomic mass is 19.1. The molecule has 4 atom stereocenters. The number of aliphatic hydroxyl groups excluding tert-OH is 3. The van der Waals surface area contributed by atoms with Crippen LogP contribution in [0.3, 0.4) is 0 Å². The van der Waals surface area contributed by atoms with Crippen LogP contribution in [0.1, 0.15) is 11.8 Å². The van der Waals surface area contributed by atoms with Gasteiger partial charge in [0.05, 0.1) is 23.4 Å². The Labute approximate surface area is 175 Å². The molecule has 0 unspecified atom stereocenters. The van der Waals surface area contributed by atoms with E-state index >= 15 is 0 Å². The first-order valence-corrected chi connectivity index (χ1v) is 9.81. The fraction of sp³-hybridized carbons (Fsp3) is 0.273. The number of aliphatic hydroxyl groups is 3. The Kier molecular flexibility index (Phi) is 4.63. The molecule has 2 aromatic carbocycles. The van der Waals surface area contributed by atoms with Gasteiger partial charge in [-0.1, -0.05) is 11.6 Å². The molecule has 0 bridgehead atoms. The highest BCUT2D eigenvalue weighted by Crippen LogP contribution is 2.36. The standard InChI is InChI=1S/C22H20FN3O5/c1-11-2-7-16-14(8-11)18-15(9-25(16)22-20(29)19(28)17(10-27)31-22)21(30)26(24-18)13-5-3-12(23)4-6-13/h2-9,17,19-20,22,27-29H,10H2,1H3/t17-,19-,20-,22-/m1/s1. The molecule has 1 fully saturated rings. The largest absolute Gasteiger partial charge is 0.394 e. The van der Waals surface area contributed by atoms with Gasteiger partial charge in [-0.15, -0.1) is 0 Å². The monoisotopic (exact) mass is 425 g/mol. The molecule has 0 aromatic heterocycles. The average Bonchev–Trinajstić information content (AvgIpc) is 3.25. The summed E-state index contributed by atoms with van der Waals surface area (Å²) in [5.74, 6) is -0.420. The Hall–Kier alpha value is -3.11. The van der Waals surface area contributed by atoms with Crippen LogP contribution in [0.5, 0.6) is 0 Å². The summed E-state index contributed by atoms with van der Waals surface area (Å²) in [5.41, 5.74) is 2.32. The van der Waals surface area contributed by atoms with E-state index in [0.717, 1.165) is 5.56 Å². The minimum absolute atomic E-state index is 0.278. The highest BCUT2D eigenvalue weighted by Gasteiger charge is 2.43. The third-order valence-electron chi connectivity index (χ3n) is 5.69. The van der Waals surface area contributed by atoms with Crippen molar-refractivity contribution in [3.8, 4) is 16.9 Å². The summed E-state index contributed by atoms with van der Waals surface area (Å²) in [7, 11) is 0. The summed E-state index contributed by atoms with van der Waals surface area (Å²) in [6, 6.07) is 11.0. The van der Waals surface area contributed by atoms with Crippen LogP contribution in [-0.4, -0.2) is 54.6 Å². The molecule has 31 heavy (non-hydrogen) atoms. The molecular weight excluding hydrogens is 405 g/mol. The van der Waals surface area contributed by atoms with Gasteiger partial charge in [0.25, 0.3) is 5.56 Å². The number of hydrogen-bond acceptors (Lipinski definition) is 6. The second-order valence-electron chi connectivity index (χ2n) is 7.74. The van der Waals surface area contributed by atoms with E-state index < -0.39 is 42.5 Å². The third kappa shape index (κ3) is 3.05. The van der Waals surface area contributed by atoms with Crippen LogP contribution in [0.4, 0.5) is 4.39 Å². The zero-order valence-electron chi connectivity index (χ0n) is 16.5. The van der Waals surface area contributed by atoms with Crippen LogP contribution in [-0.2, 0) is 4.74 Å². The molecule has 0 aliphatic carbocycles. The van der Waals surface area contributed by atoms with Crippen molar-refractivity contribution in [3.63, 3.8) is 0 Å². The zero-order chi connectivity index (χ0) is 21.9. The quantitative estimate of drug-likeness (QED) is 0.457. The minimum Gasteiger partial charge on any atom is -0.394 e. The van der Waals surface area contributed by atoms with Gasteiger partial charge >= 0.3 is 0 Å². The molecule has 0 amide bonds. The average molecular weight is 425 g/mol. The number of ether oxygens (including phenoxy) is 1. The molecule has 8 nitrogen and oxygen atoms in total. The summed E-state index contributed by atoms with van der Waals surface area (Å²) in [6.07, 6.45) is -2.99. The summed E-state index contributed by atoms with van der Waals surface area (Å²) >= 11 is 0. The van der Waals surface area contributed by atoms with Gasteiger partial charge < -0.3 is 24.6 Å². The van der Waals surface area contributed by atoms with Gasteiger partial charge in [-0.05, 0) is 43.3 Å². The smallest absolute Gasteiger partial charge is 0.282 e. The number of benzene rings is 2. The van der Waals surface area contributed by atoms with Gasteiger partial charge in [-0.3, -0.25) is 4.79 Å². The Balaban J connectivity index is 1.77. The van der Waals surface area contributed by atoms with E-state index in [2.05, 4.69) is 5.10 Å². The molecule has 3 aliphatic heterocycles. The van der Waals surface area contributed by atoms with Crippen LogP contribution in [0.2, 0.25) is 0 Å². The van der Waals surface area contributed by atoms with Gasteiger partial charge in [0.1, 0.15) is 29.8 Å². The molecule has 0 spiro atoms. The van der Waals surface area contributed by atoms with Crippen molar-refractivity contribution in [2.45, 2.75) is 31.5 Å². The number of fused-ring (bicyclic) bond motifs is 3. The first-order valence-electron chi connectivity index (χ1n) is 9.81. The highest BCUT2D eigenvalue weighted by molar-refractivity contribution is 5.94. The molecule has 0 radical (unpaired) electrons. The van der Waals surface area contributed by atoms with Gasteiger partial charge in [0.2, 0.25) is 0 Å². The molecular formula is C22H20FN3O5. The summed E-state index contributed by atoms with van der Waals surface area (Å²) in [4.78, 5) is 13.2. The Bertz CT molecular complexity index is 1300. The lowest BCUT2D eigenvalue weighted by atomic mass is 10.0. The topological polar surface area (TPSA) is 110 Å². The first-order chi connectivity index (χ1) is 14.9. The summed E-state index contributed by atoms with van der Waals surface area (Å²) in [6.45, 7) is 1.45. The van der Waals surface area contributed by atoms with Crippen molar-refractivity contribution in [1.82, 2.24) is 14.3 Å². The Morgan fingerprint density at radius 1 is 1.13 bits per heavy atom. The Morgan fingerprint density at radius 3 is 2.55 bits per heavy atom. The van der Waals surface area contributed by atoms with E-state index in [0.29, 0.717) is 22.3 Å². The fourth-order valence-electron chi connectivity index (χ4n) is 4.08. The van der Waals surface area contributed by atoms with E-state index in [-0.39, 0.29) is 5.56 Å². The fourth-order valence-corrected chi connectivity index (χ4v) is 4.08. The molecule has 160 valence electrons. The van der Waals surface area contributed by atoms with Crippen molar-refractivity contribution in [2.75, 3.05) is 6.61 Å². The predicted molar refractivity (Wildman–Crippen MR) is 110 cm³/mol. The lowest BCUT2D eigenvalue weighted by molar-refractivity contribution is -0.0508. The maximum Gasteiger partial charge on any atom is 0.282 e. The molecule has 5 rings (SSSR count). The lowest BCUT2D eigenvalue weighted by Gasteiger charge is -2.22. The van der Waals surface area contributed by atoms with Crippen molar-refractivity contribution in [3.05, 3.63) is 70.4 Å². The molecule has 3 heterocycles. The van der Waals surface area contributed by atoms with Crippen LogP contribution < -0.4 is 5.56 Å². The number of pyridine rings is 1. The molecule has 9 heteroatoms. The molecule has 3 N–H and O–H groups in total. The molecule has 2 aromatic rings. The minimum atomic E-state index is -1.30. The zero-order valence-corrected chi connectivity index (χ0v) is 16.5. The van der Waals surface area contributed by atoms with Gasteiger partial charge in [0, 0.05) is 11.6 Å². The molecule has 1 saturated heterocycles. The van der Waals surface area contributed by atoms with Crippen molar-refractivity contribution >= 4 is 10.9 Å². The first kappa shape index (κ1) is 19.8. The molecule has 0 saturated carbocycles. The number of halogens is 1. The van der Waals surface area contributed by atoms with Gasteiger partial charge in [-0.2, -0.15) is 9.78 Å². The second kappa shape index (κ2) is 7.24. The summed E-state index contributed by atoms with van der Waals surface area (Å²) in [5, 5.41) is 35.3. The normalized spacial score (nSPS) is 23.8. The number of aryl methyl sites for hydroxylation is 1. The van der Waals surface area contributed by atoms with E-state index in [9.17, 15) is 24.5 Å². The third-order valence-corrected chi connectivity index (χ3v) is 5.69. The van der Waals surface area contributed by atoms with Crippen LogP contribution >= 0.6 is 0 Å². The van der Waals surface area contributed by atoms with Crippen LogP contribution in [0, 0.1) is 12.7 Å². The second-order valence-corrected chi connectivity index (χ2v) is 7.74. The Morgan fingerprint density at radius 2 is 1.87 bits per heavy atom. The number of rotatable bonds is 3. The van der Waals surface area contributed by atoms with E-state index in [1.165, 1.54) is 35.1 Å². The number of aromatic nitrogens is 3. The SMILES string of the molecule is Cc1ccc2c(c1)c1nn(-c3ccc(F)cc3)c(=O)c-1cn2[C@@H]1O[C@H](CO)[C@@H](O)[C@H]1O. The van der Waals surface area contributed by atoms with Gasteiger partial charge in [-0.25, -0.2) is 4.39 Å². The van der Waals surface area contributed by atoms with E-state index in [1.54, 1.807) is 4.57 Å². The maximum absolute atomic E-state index is 13.3. The molecule has 3 aliphatic rings. The van der Waals surface area contributed by atoms with Crippen LogP contribution in [0.15, 0.2) is 53.5 Å². The van der Waals surface area contributed by atoms with Gasteiger partial charge in [0.15, 0.2) is 6.23 Å². The maximum atomic E-state index is 13.3. The van der Waals surface area contributed by atoms with Crippen molar-refractivity contribution < 1.29 is 24.4 Å². The lowest BCUT2D eigenvalue weighted by Crippen LogP contribution is -2.33. The predicted octanol–water partition coefficient (Wildman–Crippen LogP) is 1.35. The van der Waals surface area contributed by atoms with Crippen molar-refractivity contribution in [1.29, 1.82) is 0 Å². The number of hydrogen-bond donors (Lipinski definition) is 3. The summed E-state index contributed by atoms with van der Waals surface area (Å²) < 4.78 is 21.8.